The number of thiazole rings is 1. The number of hydrogen-bond donors (Lipinski definition) is 2. The molecule has 0 fully saturated rings. The van der Waals surface area contributed by atoms with Crippen molar-refractivity contribution in [1.82, 2.24) is 4.98 Å². The first-order valence-corrected chi connectivity index (χ1v) is 8.90. The highest BCUT2D eigenvalue weighted by Gasteiger charge is 2.06. The van der Waals surface area contributed by atoms with Crippen molar-refractivity contribution in [3.8, 4) is 11.3 Å². The molecular weight excluding hydrogens is 337 g/mol. The van der Waals surface area contributed by atoms with Gasteiger partial charge in [-0.3, -0.25) is 4.79 Å². The molecule has 0 aliphatic rings. The second-order valence-electron chi connectivity index (χ2n) is 5.55. The highest BCUT2D eigenvalue weighted by molar-refractivity contribution is 7.14. The van der Waals surface area contributed by atoms with Crippen LogP contribution in [0.2, 0.25) is 0 Å². The molecule has 1 heterocycles. The summed E-state index contributed by atoms with van der Waals surface area (Å²) in [7, 11) is 0. The average molecular weight is 355 g/mol. The van der Waals surface area contributed by atoms with E-state index in [4.69, 9.17) is 0 Å². The smallest absolute Gasteiger partial charge is 0.224 e. The summed E-state index contributed by atoms with van der Waals surface area (Å²) in [6.07, 6.45) is 1.35. The molecule has 0 aliphatic carbocycles. The van der Waals surface area contributed by atoms with E-state index < -0.39 is 0 Å². The van der Waals surface area contributed by atoms with Gasteiger partial charge in [0.05, 0.1) is 5.69 Å². The molecule has 3 aromatic rings. The molecule has 1 amide bonds. The lowest BCUT2D eigenvalue weighted by Gasteiger charge is -2.05. The Kier molecular flexibility index (Phi) is 5.40. The summed E-state index contributed by atoms with van der Waals surface area (Å²) in [5.41, 5.74) is 3.39. The van der Waals surface area contributed by atoms with Crippen LogP contribution in [0.3, 0.4) is 0 Å². The van der Waals surface area contributed by atoms with E-state index in [1.807, 2.05) is 36.6 Å². The van der Waals surface area contributed by atoms with E-state index in [1.54, 1.807) is 12.1 Å². The molecule has 2 N–H and O–H groups in total. The lowest BCUT2D eigenvalue weighted by atomic mass is 10.1. The molecule has 0 unspecified atom stereocenters. The van der Waals surface area contributed by atoms with Gasteiger partial charge in [-0.25, -0.2) is 9.37 Å². The van der Waals surface area contributed by atoms with Crippen molar-refractivity contribution in [2.24, 2.45) is 0 Å². The Hall–Kier alpha value is -2.73. The number of nitrogens with one attached hydrogen (secondary N) is 2. The van der Waals surface area contributed by atoms with Crippen molar-refractivity contribution in [3.63, 3.8) is 0 Å². The summed E-state index contributed by atoms with van der Waals surface area (Å²) in [4.78, 5) is 16.2. The molecule has 0 bridgehead atoms. The zero-order valence-electron chi connectivity index (χ0n) is 13.8. The lowest BCUT2D eigenvalue weighted by Crippen LogP contribution is -2.10. The second kappa shape index (κ2) is 7.90. The van der Waals surface area contributed by atoms with E-state index in [0.29, 0.717) is 6.42 Å². The van der Waals surface area contributed by atoms with Gasteiger partial charge in [-0.1, -0.05) is 19.1 Å². The monoisotopic (exact) mass is 355 g/mol. The largest absolute Gasteiger partial charge is 0.332 e. The molecule has 0 saturated carbocycles. The predicted molar refractivity (Wildman–Crippen MR) is 101 cm³/mol. The highest BCUT2D eigenvalue weighted by atomic mass is 32.1. The fourth-order valence-electron chi connectivity index (χ4n) is 2.30. The fraction of sp³-hybridized carbons (Fsp3) is 0.158. The second-order valence-corrected chi connectivity index (χ2v) is 6.40. The van der Waals surface area contributed by atoms with Gasteiger partial charge in [0, 0.05) is 28.7 Å². The van der Waals surface area contributed by atoms with E-state index in [1.165, 1.54) is 23.5 Å². The van der Waals surface area contributed by atoms with Crippen LogP contribution in [0.25, 0.3) is 11.3 Å². The van der Waals surface area contributed by atoms with Gasteiger partial charge in [0.1, 0.15) is 5.82 Å². The molecule has 0 saturated heterocycles. The van der Waals surface area contributed by atoms with E-state index in [-0.39, 0.29) is 11.7 Å². The minimum Gasteiger partial charge on any atom is -0.332 e. The summed E-state index contributed by atoms with van der Waals surface area (Å²) in [5.74, 6) is -0.244. The van der Waals surface area contributed by atoms with Crippen molar-refractivity contribution in [3.05, 3.63) is 59.7 Å². The molecule has 128 valence electrons. The molecule has 2 aromatic carbocycles. The molecule has 3 rings (SSSR count). The molecule has 25 heavy (non-hydrogen) atoms. The number of benzene rings is 2. The minimum atomic E-state index is -0.267. The number of rotatable bonds is 6. The van der Waals surface area contributed by atoms with Crippen molar-refractivity contribution < 1.29 is 9.18 Å². The Morgan fingerprint density at radius 3 is 2.44 bits per heavy atom. The first-order valence-electron chi connectivity index (χ1n) is 8.02. The third kappa shape index (κ3) is 4.64. The lowest BCUT2D eigenvalue weighted by molar-refractivity contribution is -0.116. The summed E-state index contributed by atoms with van der Waals surface area (Å²) in [6, 6.07) is 13.8. The first-order chi connectivity index (χ1) is 12.1. The van der Waals surface area contributed by atoms with Gasteiger partial charge < -0.3 is 10.6 Å². The predicted octanol–water partition coefficient (Wildman–Crippen LogP) is 5.43. The van der Waals surface area contributed by atoms with Crippen molar-refractivity contribution in [2.45, 2.75) is 19.8 Å². The van der Waals surface area contributed by atoms with Crippen molar-refractivity contribution >= 4 is 33.8 Å². The SMILES string of the molecule is CCCC(=O)Nc1ccc(-c2csc(Nc3ccc(F)cc3)n2)cc1. The topological polar surface area (TPSA) is 54.0 Å². The molecule has 6 heteroatoms. The standard InChI is InChI=1S/C19H18FN3OS/c1-2-3-18(24)21-15-8-4-13(5-9-15)17-12-25-19(23-17)22-16-10-6-14(20)7-11-16/h4-12H,2-3H2,1H3,(H,21,24)(H,22,23). The van der Waals surface area contributed by atoms with Crippen LogP contribution in [0.15, 0.2) is 53.9 Å². The van der Waals surface area contributed by atoms with Crippen LogP contribution in [0.4, 0.5) is 20.9 Å². The Balaban J connectivity index is 1.67. The van der Waals surface area contributed by atoms with Crippen LogP contribution in [0.1, 0.15) is 19.8 Å². The van der Waals surface area contributed by atoms with Crippen molar-refractivity contribution in [2.75, 3.05) is 10.6 Å². The van der Waals surface area contributed by atoms with Gasteiger partial charge in [0.2, 0.25) is 5.91 Å². The fourth-order valence-corrected chi connectivity index (χ4v) is 3.04. The Labute approximate surface area is 149 Å². The van der Waals surface area contributed by atoms with E-state index in [0.717, 1.165) is 34.2 Å². The van der Waals surface area contributed by atoms with Crippen LogP contribution in [0.5, 0.6) is 0 Å². The summed E-state index contributed by atoms with van der Waals surface area (Å²) in [5, 5.41) is 8.71. The Bertz CT molecular complexity index is 844. The van der Waals surface area contributed by atoms with Crippen molar-refractivity contribution in [1.29, 1.82) is 0 Å². The number of carbonyl (C=O) groups excluding carboxylic acids is 1. The van der Waals surface area contributed by atoms with E-state index in [9.17, 15) is 9.18 Å². The maximum Gasteiger partial charge on any atom is 0.224 e. The maximum atomic E-state index is 12.9. The average Bonchev–Trinajstić information content (AvgIpc) is 3.06. The summed E-state index contributed by atoms with van der Waals surface area (Å²) < 4.78 is 12.9. The van der Waals surface area contributed by atoms with Crippen LogP contribution >= 0.6 is 11.3 Å². The van der Waals surface area contributed by atoms with Gasteiger partial charge >= 0.3 is 0 Å². The third-order valence-corrected chi connectivity index (χ3v) is 4.30. The third-order valence-electron chi connectivity index (χ3n) is 3.54. The molecule has 0 spiro atoms. The first kappa shape index (κ1) is 17.1. The number of amides is 1. The number of nitrogens with zero attached hydrogens (tertiary/aromatic N) is 1. The number of halogens is 1. The molecule has 0 aliphatic heterocycles. The maximum absolute atomic E-state index is 12.9. The number of carbonyl (C=O) groups is 1. The summed E-state index contributed by atoms with van der Waals surface area (Å²) >= 11 is 1.48. The zero-order valence-corrected chi connectivity index (χ0v) is 14.6. The molecule has 1 aromatic heterocycles. The van der Waals surface area contributed by atoms with E-state index in [2.05, 4.69) is 15.6 Å². The zero-order chi connectivity index (χ0) is 17.6. The quantitative estimate of drug-likeness (QED) is 0.620. The van der Waals surface area contributed by atoms with Crippen LogP contribution in [-0.2, 0) is 4.79 Å². The highest BCUT2D eigenvalue weighted by Crippen LogP contribution is 2.28. The molecule has 0 radical (unpaired) electrons. The number of anilines is 3. The number of aromatic nitrogens is 1. The van der Waals surface area contributed by atoms with Gasteiger partial charge in [-0.2, -0.15) is 0 Å². The molecular formula is C19H18FN3OS. The summed E-state index contributed by atoms with van der Waals surface area (Å²) in [6.45, 7) is 1.97. The Morgan fingerprint density at radius 2 is 1.76 bits per heavy atom. The molecule has 0 atom stereocenters. The van der Waals surface area contributed by atoms with Gasteiger partial charge in [-0.15, -0.1) is 11.3 Å². The van der Waals surface area contributed by atoms with E-state index >= 15 is 0 Å². The molecule has 4 nitrogen and oxygen atoms in total. The normalized spacial score (nSPS) is 10.5. The van der Waals surface area contributed by atoms with Crippen LogP contribution in [0, 0.1) is 5.82 Å². The number of hydrogen-bond acceptors (Lipinski definition) is 4. The van der Waals surface area contributed by atoms with Gasteiger partial charge in [0.25, 0.3) is 0 Å². The minimum absolute atomic E-state index is 0.0229. The van der Waals surface area contributed by atoms with Gasteiger partial charge in [0.15, 0.2) is 5.13 Å². The van der Waals surface area contributed by atoms with Gasteiger partial charge in [-0.05, 0) is 42.8 Å². The van der Waals surface area contributed by atoms with Crippen LogP contribution < -0.4 is 10.6 Å². The Morgan fingerprint density at radius 1 is 1.08 bits per heavy atom. The van der Waals surface area contributed by atoms with Crippen LogP contribution in [-0.4, -0.2) is 10.9 Å².